The molecule has 1 aromatic carbocycles. The van der Waals surface area contributed by atoms with Crippen molar-refractivity contribution in [3.63, 3.8) is 0 Å². The van der Waals surface area contributed by atoms with Gasteiger partial charge >= 0.3 is 0 Å². The van der Waals surface area contributed by atoms with Crippen molar-refractivity contribution in [2.45, 2.75) is 32.0 Å². The minimum absolute atomic E-state index is 0.700. The molecule has 1 aromatic rings. The first kappa shape index (κ1) is 11.1. The molecule has 0 saturated carbocycles. The number of rotatable bonds is 3. The summed E-state index contributed by atoms with van der Waals surface area (Å²) in [5.41, 5.74) is 7.91. The van der Waals surface area contributed by atoms with Gasteiger partial charge in [-0.1, -0.05) is 24.3 Å². The average molecular weight is 215 g/mol. The van der Waals surface area contributed by atoms with E-state index in [1.807, 2.05) is 0 Å². The minimum Gasteiger partial charge on any atom is -0.314 e. The highest BCUT2D eigenvalue weighted by atomic mass is 15.1. The highest BCUT2D eigenvalue weighted by Gasteiger charge is 2.22. The van der Waals surface area contributed by atoms with Gasteiger partial charge in [0.2, 0.25) is 0 Å². The van der Waals surface area contributed by atoms with Gasteiger partial charge in [0.1, 0.15) is 5.54 Å². The van der Waals surface area contributed by atoms with Crippen LogP contribution in [0.4, 0.5) is 0 Å². The molecular weight excluding hydrogens is 198 g/mol. The molecule has 2 N–H and O–H groups in total. The highest BCUT2D eigenvalue weighted by Crippen LogP contribution is 2.22. The molecule has 3 nitrogen and oxygen atoms in total. The summed E-state index contributed by atoms with van der Waals surface area (Å²) in [5, 5.41) is 8.85. The zero-order chi connectivity index (χ0) is 11.6. The van der Waals surface area contributed by atoms with Gasteiger partial charge in [-0.3, -0.25) is 4.90 Å². The van der Waals surface area contributed by atoms with Crippen molar-refractivity contribution < 1.29 is 0 Å². The van der Waals surface area contributed by atoms with E-state index in [0.29, 0.717) is 0 Å². The topological polar surface area (TPSA) is 53.1 Å². The molecular formula is C13H17N3. The summed E-state index contributed by atoms with van der Waals surface area (Å²) >= 11 is 0. The Bertz CT molecular complexity index is 392. The number of nitriles is 1. The molecule has 1 aliphatic heterocycles. The minimum atomic E-state index is -0.700. The van der Waals surface area contributed by atoms with Gasteiger partial charge < -0.3 is 5.73 Å². The lowest BCUT2D eigenvalue weighted by atomic mass is 10.0. The fourth-order valence-corrected chi connectivity index (χ4v) is 2.01. The normalized spacial score (nSPS) is 18.8. The van der Waals surface area contributed by atoms with E-state index in [1.165, 1.54) is 11.1 Å². The summed E-state index contributed by atoms with van der Waals surface area (Å²) in [6, 6.07) is 10.6. The summed E-state index contributed by atoms with van der Waals surface area (Å²) in [4.78, 5) is 2.34. The fraction of sp³-hybridized carbons (Fsp3) is 0.462. The van der Waals surface area contributed by atoms with Crippen molar-refractivity contribution in [1.82, 2.24) is 4.90 Å². The Morgan fingerprint density at radius 3 is 2.44 bits per heavy atom. The van der Waals surface area contributed by atoms with E-state index < -0.39 is 5.54 Å². The van der Waals surface area contributed by atoms with Crippen LogP contribution in [0.2, 0.25) is 0 Å². The van der Waals surface area contributed by atoms with E-state index in [4.69, 9.17) is 11.0 Å². The Hall–Kier alpha value is -1.37. The smallest absolute Gasteiger partial charge is 0.102 e. The summed E-state index contributed by atoms with van der Waals surface area (Å²) < 4.78 is 0. The zero-order valence-corrected chi connectivity index (χ0v) is 9.61. The van der Waals surface area contributed by atoms with Crippen LogP contribution >= 0.6 is 0 Å². The van der Waals surface area contributed by atoms with Gasteiger partial charge in [-0.25, -0.2) is 0 Å². The predicted molar refractivity (Wildman–Crippen MR) is 63.4 cm³/mol. The maximum atomic E-state index is 8.85. The largest absolute Gasteiger partial charge is 0.314 e. The molecule has 84 valence electrons. The van der Waals surface area contributed by atoms with Crippen LogP contribution in [0.15, 0.2) is 24.3 Å². The number of fused-ring (bicyclic) bond motifs is 1. The van der Waals surface area contributed by atoms with Crippen molar-refractivity contribution >= 4 is 0 Å². The monoisotopic (exact) mass is 215 g/mol. The second-order valence-corrected chi connectivity index (χ2v) is 4.76. The van der Waals surface area contributed by atoms with Crippen LogP contribution in [0, 0.1) is 11.3 Å². The number of benzene rings is 1. The molecule has 1 aliphatic rings. The zero-order valence-electron chi connectivity index (χ0n) is 9.61. The van der Waals surface area contributed by atoms with E-state index in [-0.39, 0.29) is 0 Å². The molecule has 2 rings (SSSR count). The van der Waals surface area contributed by atoms with Gasteiger partial charge in [-0.2, -0.15) is 5.26 Å². The van der Waals surface area contributed by atoms with Crippen molar-refractivity contribution in [3.05, 3.63) is 35.4 Å². The molecule has 0 saturated heterocycles. The first-order valence-corrected chi connectivity index (χ1v) is 5.60. The Morgan fingerprint density at radius 2 is 1.94 bits per heavy atom. The molecule has 0 bridgehead atoms. The van der Waals surface area contributed by atoms with Crippen LogP contribution in [0.25, 0.3) is 0 Å². The summed E-state index contributed by atoms with van der Waals surface area (Å²) in [7, 11) is 0. The van der Waals surface area contributed by atoms with Crippen LogP contribution in [0.3, 0.4) is 0 Å². The second kappa shape index (κ2) is 4.25. The fourth-order valence-electron chi connectivity index (χ4n) is 2.01. The van der Waals surface area contributed by atoms with Gasteiger partial charge in [0.05, 0.1) is 6.07 Å². The van der Waals surface area contributed by atoms with Gasteiger partial charge in [0, 0.05) is 19.6 Å². The van der Waals surface area contributed by atoms with E-state index >= 15 is 0 Å². The molecule has 1 heterocycles. The molecule has 0 amide bonds. The SMILES string of the molecule is CC(N)(C#N)CCN1Cc2ccccc2C1. The molecule has 0 aliphatic carbocycles. The summed E-state index contributed by atoms with van der Waals surface area (Å²) in [5.74, 6) is 0. The molecule has 16 heavy (non-hydrogen) atoms. The second-order valence-electron chi connectivity index (χ2n) is 4.76. The molecule has 3 heteroatoms. The predicted octanol–water partition coefficient (Wildman–Crippen LogP) is 1.63. The Labute approximate surface area is 96.5 Å². The van der Waals surface area contributed by atoms with Crippen molar-refractivity contribution in [2.24, 2.45) is 5.73 Å². The Kier molecular flexibility index (Phi) is 2.95. The lowest BCUT2D eigenvalue weighted by Crippen LogP contribution is -2.37. The molecule has 0 spiro atoms. The Balaban J connectivity index is 1.91. The Morgan fingerprint density at radius 1 is 1.38 bits per heavy atom. The summed E-state index contributed by atoms with van der Waals surface area (Å²) in [6.07, 6.45) is 0.720. The van der Waals surface area contributed by atoms with Gasteiger partial charge in [-0.15, -0.1) is 0 Å². The van der Waals surface area contributed by atoms with Crippen LogP contribution in [-0.4, -0.2) is 17.0 Å². The molecule has 0 radical (unpaired) electrons. The first-order chi connectivity index (χ1) is 7.61. The lowest BCUT2D eigenvalue weighted by Gasteiger charge is -2.20. The number of nitrogens with two attached hydrogens (primary N) is 1. The van der Waals surface area contributed by atoms with Crippen LogP contribution in [0.1, 0.15) is 24.5 Å². The number of nitrogens with zero attached hydrogens (tertiary/aromatic N) is 2. The lowest BCUT2D eigenvalue weighted by molar-refractivity contribution is 0.263. The maximum absolute atomic E-state index is 8.85. The van der Waals surface area contributed by atoms with E-state index in [2.05, 4.69) is 35.2 Å². The third-order valence-corrected chi connectivity index (χ3v) is 3.11. The van der Waals surface area contributed by atoms with Crippen molar-refractivity contribution in [1.29, 1.82) is 5.26 Å². The van der Waals surface area contributed by atoms with Gasteiger partial charge in [0.25, 0.3) is 0 Å². The number of hydrogen-bond donors (Lipinski definition) is 1. The average Bonchev–Trinajstić information content (AvgIpc) is 2.69. The first-order valence-electron chi connectivity index (χ1n) is 5.60. The van der Waals surface area contributed by atoms with E-state index in [0.717, 1.165) is 26.1 Å². The summed E-state index contributed by atoms with van der Waals surface area (Å²) in [6.45, 7) is 4.64. The number of hydrogen-bond acceptors (Lipinski definition) is 3. The van der Waals surface area contributed by atoms with E-state index in [9.17, 15) is 0 Å². The van der Waals surface area contributed by atoms with Crippen LogP contribution < -0.4 is 5.73 Å². The highest BCUT2D eigenvalue weighted by molar-refractivity contribution is 5.30. The van der Waals surface area contributed by atoms with Crippen molar-refractivity contribution in [2.75, 3.05) is 6.54 Å². The third kappa shape index (κ3) is 2.41. The van der Waals surface area contributed by atoms with E-state index in [1.54, 1.807) is 6.92 Å². The van der Waals surface area contributed by atoms with Crippen LogP contribution in [-0.2, 0) is 13.1 Å². The molecule has 1 unspecified atom stereocenters. The van der Waals surface area contributed by atoms with Crippen molar-refractivity contribution in [3.8, 4) is 6.07 Å². The molecule has 0 aromatic heterocycles. The third-order valence-electron chi connectivity index (χ3n) is 3.11. The standard InChI is InChI=1S/C13H17N3/c1-13(15,10-14)6-7-16-8-11-4-2-3-5-12(11)9-16/h2-5H,6-9,15H2,1H3. The quantitative estimate of drug-likeness (QED) is 0.833. The van der Waals surface area contributed by atoms with Crippen LogP contribution in [0.5, 0.6) is 0 Å². The van der Waals surface area contributed by atoms with Gasteiger partial charge in [0.15, 0.2) is 0 Å². The van der Waals surface area contributed by atoms with Gasteiger partial charge in [-0.05, 0) is 24.5 Å². The maximum Gasteiger partial charge on any atom is 0.102 e. The molecule has 0 fully saturated rings. The molecule has 1 atom stereocenters.